The van der Waals surface area contributed by atoms with Gasteiger partial charge in [-0.3, -0.25) is 9.59 Å². The van der Waals surface area contributed by atoms with E-state index in [1.807, 2.05) is 0 Å². The fourth-order valence-corrected chi connectivity index (χ4v) is 0.238. The first kappa shape index (κ1) is 13.9. The van der Waals surface area contributed by atoms with E-state index in [1.165, 1.54) is 6.08 Å². The summed E-state index contributed by atoms with van der Waals surface area (Å²) in [6.45, 7) is 4.51. The van der Waals surface area contributed by atoms with E-state index < -0.39 is 11.8 Å². The molecule has 0 fully saturated rings. The molecule has 0 atom stereocenters. The van der Waals surface area contributed by atoms with Gasteiger partial charge in [-0.05, 0) is 13.0 Å². The first-order valence-electron chi connectivity index (χ1n) is 3.45. The van der Waals surface area contributed by atoms with Gasteiger partial charge < -0.3 is 16.6 Å². The average molecular weight is 186 g/mol. The van der Waals surface area contributed by atoms with Gasteiger partial charge in [-0.15, -0.1) is 0 Å². The van der Waals surface area contributed by atoms with Crippen LogP contribution in [0, 0.1) is 0 Å². The maximum Gasteiger partial charge on any atom is 0.244 e. The number of primary amides is 2. The van der Waals surface area contributed by atoms with Crippen LogP contribution in [0.25, 0.3) is 0 Å². The van der Waals surface area contributed by atoms with Crippen LogP contribution in [0.3, 0.4) is 0 Å². The van der Waals surface area contributed by atoms with Crippen LogP contribution in [0.15, 0.2) is 24.3 Å². The Hall–Kier alpha value is -1.62. The quantitative estimate of drug-likeness (QED) is 0.495. The summed E-state index contributed by atoms with van der Waals surface area (Å²) in [5.74, 6) is -0.968. The minimum atomic E-state index is -0.487. The Bertz CT molecular complexity index is 221. The third-order valence-corrected chi connectivity index (χ3v) is 0.987. The summed E-state index contributed by atoms with van der Waals surface area (Å²) in [7, 11) is 0. The van der Waals surface area contributed by atoms with Crippen molar-refractivity contribution in [2.45, 2.75) is 6.92 Å². The molecule has 0 aliphatic carbocycles. The van der Waals surface area contributed by atoms with Gasteiger partial charge >= 0.3 is 0 Å². The van der Waals surface area contributed by atoms with E-state index in [0.29, 0.717) is 5.57 Å². The predicted molar refractivity (Wildman–Crippen MR) is 49.4 cm³/mol. The molecule has 0 aromatic carbocycles. The highest BCUT2D eigenvalue weighted by Crippen LogP contribution is 1.86. The molecule has 0 heterocycles. The SMILES string of the molecule is C=CC(N)=O.CC(=CCO)C(N)=O. The Morgan fingerprint density at radius 2 is 1.85 bits per heavy atom. The molecule has 2 amide bonds. The number of hydrogen-bond acceptors (Lipinski definition) is 3. The lowest BCUT2D eigenvalue weighted by Gasteiger charge is -1.88. The molecule has 0 aromatic rings. The van der Waals surface area contributed by atoms with Gasteiger partial charge in [0.15, 0.2) is 0 Å². The summed E-state index contributed by atoms with van der Waals surface area (Å²) >= 11 is 0. The third-order valence-electron chi connectivity index (χ3n) is 0.987. The van der Waals surface area contributed by atoms with Crippen LogP contribution >= 0.6 is 0 Å². The van der Waals surface area contributed by atoms with E-state index in [0.717, 1.165) is 6.08 Å². The molecule has 74 valence electrons. The lowest BCUT2D eigenvalue weighted by atomic mass is 10.3. The predicted octanol–water partition coefficient (Wildman–Crippen LogP) is -0.932. The molecular weight excluding hydrogens is 172 g/mol. The summed E-state index contributed by atoms with van der Waals surface area (Å²) in [6.07, 6.45) is 2.42. The van der Waals surface area contributed by atoms with Crippen molar-refractivity contribution >= 4 is 11.8 Å². The van der Waals surface area contributed by atoms with Crippen molar-refractivity contribution < 1.29 is 14.7 Å². The Balaban J connectivity index is 0. The Labute approximate surface area is 76.7 Å². The van der Waals surface area contributed by atoms with E-state index in [2.05, 4.69) is 12.3 Å². The fraction of sp³-hybridized carbons (Fsp3) is 0.250. The van der Waals surface area contributed by atoms with Crippen LogP contribution < -0.4 is 11.5 Å². The molecule has 0 aromatic heterocycles. The van der Waals surface area contributed by atoms with Crippen molar-refractivity contribution in [1.29, 1.82) is 0 Å². The zero-order valence-electron chi connectivity index (χ0n) is 7.49. The molecule has 0 radical (unpaired) electrons. The topological polar surface area (TPSA) is 106 Å². The molecule has 0 rings (SSSR count). The second-order valence-corrected chi connectivity index (χ2v) is 2.04. The second-order valence-electron chi connectivity index (χ2n) is 2.04. The van der Waals surface area contributed by atoms with Crippen LogP contribution in [-0.2, 0) is 9.59 Å². The molecule has 5 N–H and O–H groups in total. The molecule has 5 heteroatoms. The Morgan fingerprint density at radius 1 is 1.46 bits per heavy atom. The summed E-state index contributed by atoms with van der Waals surface area (Å²) in [6, 6.07) is 0. The van der Waals surface area contributed by atoms with Crippen molar-refractivity contribution in [1.82, 2.24) is 0 Å². The Morgan fingerprint density at radius 3 is 1.92 bits per heavy atom. The van der Waals surface area contributed by atoms with Crippen LogP contribution in [-0.4, -0.2) is 23.5 Å². The monoisotopic (exact) mass is 186 g/mol. The highest BCUT2D eigenvalue weighted by molar-refractivity contribution is 5.91. The lowest BCUT2D eigenvalue weighted by Crippen LogP contribution is -2.11. The van der Waals surface area contributed by atoms with Crippen molar-refractivity contribution in [3.8, 4) is 0 Å². The molecule has 0 aliphatic rings. The molecule has 0 saturated heterocycles. The first-order chi connectivity index (χ1) is 5.95. The van der Waals surface area contributed by atoms with Gasteiger partial charge in [-0.1, -0.05) is 12.7 Å². The van der Waals surface area contributed by atoms with E-state index in [9.17, 15) is 9.59 Å². The van der Waals surface area contributed by atoms with Gasteiger partial charge in [-0.2, -0.15) is 0 Å². The minimum absolute atomic E-state index is 0.130. The number of carbonyl (C=O) groups excluding carboxylic acids is 2. The standard InChI is InChI=1S/C5H9NO2.C3H5NO/c1-4(2-3-7)5(6)8;1-2-3(4)5/h2,7H,3H2,1H3,(H2,6,8);2H,1H2,(H2,4,5). The molecule has 0 unspecified atom stereocenters. The normalized spacial score (nSPS) is 9.54. The Kier molecular flexibility index (Phi) is 9.09. The van der Waals surface area contributed by atoms with E-state index in [-0.39, 0.29) is 6.61 Å². The lowest BCUT2D eigenvalue weighted by molar-refractivity contribution is -0.115. The molecule has 5 nitrogen and oxygen atoms in total. The van der Waals surface area contributed by atoms with Gasteiger partial charge in [0.2, 0.25) is 11.8 Å². The zero-order chi connectivity index (χ0) is 10.9. The maximum atomic E-state index is 10.1. The smallest absolute Gasteiger partial charge is 0.244 e. The van der Waals surface area contributed by atoms with Crippen molar-refractivity contribution in [2.75, 3.05) is 6.61 Å². The number of aliphatic hydroxyl groups is 1. The van der Waals surface area contributed by atoms with Crippen molar-refractivity contribution in [3.63, 3.8) is 0 Å². The van der Waals surface area contributed by atoms with Crippen molar-refractivity contribution in [3.05, 3.63) is 24.3 Å². The summed E-state index contributed by atoms with van der Waals surface area (Å²) in [5.41, 5.74) is 9.73. The highest BCUT2D eigenvalue weighted by Gasteiger charge is 1.92. The number of rotatable bonds is 3. The molecule has 0 aliphatic heterocycles. The number of aliphatic hydroxyl groups excluding tert-OH is 1. The van der Waals surface area contributed by atoms with E-state index in [1.54, 1.807) is 6.92 Å². The van der Waals surface area contributed by atoms with Crippen LogP contribution in [0.2, 0.25) is 0 Å². The molecule has 0 bridgehead atoms. The number of nitrogens with two attached hydrogens (primary N) is 2. The largest absolute Gasteiger partial charge is 0.392 e. The summed E-state index contributed by atoms with van der Waals surface area (Å²) in [4.78, 5) is 19.6. The van der Waals surface area contributed by atoms with Crippen LogP contribution in [0.4, 0.5) is 0 Å². The van der Waals surface area contributed by atoms with Gasteiger partial charge in [0, 0.05) is 5.57 Å². The number of carbonyl (C=O) groups is 2. The molecular formula is C8H14N2O3. The van der Waals surface area contributed by atoms with E-state index >= 15 is 0 Å². The summed E-state index contributed by atoms with van der Waals surface area (Å²) in [5, 5.41) is 8.20. The fourth-order valence-electron chi connectivity index (χ4n) is 0.238. The van der Waals surface area contributed by atoms with E-state index in [4.69, 9.17) is 10.8 Å². The van der Waals surface area contributed by atoms with Gasteiger partial charge in [0.05, 0.1) is 6.61 Å². The highest BCUT2D eigenvalue weighted by atomic mass is 16.2. The minimum Gasteiger partial charge on any atom is -0.392 e. The van der Waals surface area contributed by atoms with Gasteiger partial charge in [0.1, 0.15) is 0 Å². The molecule has 0 saturated carbocycles. The molecule has 0 spiro atoms. The van der Waals surface area contributed by atoms with Crippen LogP contribution in [0.1, 0.15) is 6.92 Å². The second kappa shape index (κ2) is 8.48. The van der Waals surface area contributed by atoms with Crippen molar-refractivity contribution in [2.24, 2.45) is 11.5 Å². The third kappa shape index (κ3) is 13.4. The number of hydrogen-bond donors (Lipinski definition) is 3. The van der Waals surface area contributed by atoms with Gasteiger partial charge in [-0.25, -0.2) is 0 Å². The first-order valence-corrected chi connectivity index (χ1v) is 3.45. The van der Waals surface area contributed by atoms with Crippen LogP contribution in [0.5, 0.6) is 0 Å². The maximum absolute atomic E-state index is 10.1. The zero-order valence-corrected chi connectivity index (χ0v) is 7.49. The van der Waals surface area contributed by atoms with Gasteiger partial charge in [0.25, 0.3) is 0 Å². The number of amides is 2. The molecule has 13 heavy (non-hydrogen) atoms. The summed E-state index contributed by atoms with van der Waals surface area (Å²) < 4.78 is 0. The average Bonchev–Trinajstić information content (AvgIpc) is 2.06.